The monoisotopic (exact) mass is 278 g/mol. The molecule has 1 aromatic rings. The molecule has 0 aliphatic carbocycles. The minimum absolute atomic E-state index is 0.0194. The molecular formula is C15H22N2O3. The predicted molar refractivity (Wildman–Crippen MR) is 77.7 cm³/mol. The molecule has 0 heterocycles. The number of hydrogen-bond donors (Lipinski definition) is 3. The average Bonchev–Trinajstić information content (AvgIpc) is 2.41. The molecule has 1 atom stereocenters. The van der Waals surface area contributed by atoms with Gasteiger partial charge in [0.05, 0.1) is 5.56 Å². The van der Waals surface area contributed by atoms with Crippen LogP contribution in [0.4, 0.5) is 0 Å². The zero-order chi connectivity index (χ0) is 15.1. The van der Waals surface area contributed by atoms with Gasteiger partial charge in [-0.1, -0.05) is 19.1 Å². The summed E-state index contributed by atoms with van der Waals surface area (Å²) in [5.41, 5.74) is 0.875. The van der Waals surface area contributed by atoms with Crippen LogP contribution in [0.3, 0.4) is 0 Å². The van der Waals surface area contributed by atoms with Crippen LogP contribution in [0.1, 0.15) is 42.6 Å². The summed E-state index contributed by atoms with van der Waals surface area (Å²) in [5, 5.41) is 15.2. The topological polar surface area (TPSA) is 78.4 Å². The van der Waals surface area contributed by atoms with E-state index in [1.807, 2.05) is 13.8 Å². The summed E-state index contributed by atoms with van der Waals surface area (Å²) < 4.78 is 0. The lowest BCUT2D eigenvalue weighted by atomic mass is 10.1. The van der Waals surface area contributed by atoms with Crippen LogP contribution >= 0.6 is 0 Å². The largest absolute Gasteiger partial charge is 0.507 e. The molecular weight excluding hydrogens is 256 g/mol. The van der Waals surface area contributed by atoms with Crippen molar-refractivity contribution in [2.24, 2.45) is 0 Å². The van der Waals surface area contributed by atoms with Gasteiger partial charge in [-0.05, 0) is 31.9 Å². The molecule has 0 aromatic heterocycles. The van der Waals surface area contributed by atoms with Gasteiger partial charge < -0.3 is 15.7 Å². The van der Waals surface area contributed by atoms with Crippen LogP contribution in [0.15, 0.2) is 18.2 Å². The first-order valence-electron chi connectivity index (χ1n) is 6.81. The number of rotatable bonds is 6. The number of aryl methyl sites for hydroxylation is 1. The van der Waals surface area contributed by atoms with Gasteiger partial charge in [-0.2, -0.15) is 0 Å². The van der Waals surface area contributed by atoms with Crippen molar-refractivity contribution in [2.45, 2.75) is 39.7 Å². The van der Waals surface area contributed by atoms with E-state index < -0.39 is 0 Å². The first-order valence-corrected chi connectivity index (χ1v) is 6.81. The average molecular weight is 278 g/mol. The number of phenolic OH excluding ortho intramolecular Hbond substituents is 1. The van der Waals surface area contributed by atoms with E-state index in [0.717, 1.165) is 6.42 Å². The van der Waals surface area contributed by atoms with E-state index in [9.17, 15) is 14.7 Å². The summed E-state index contributed by atoms with van der Waals surface area (Å²) in [6.07, 6.45) is 1.10. The summed E-state index contributed by atoms with van der Waals surface area (Å²) in [6, 6.07) is 5.13. The maximum atomic E-state index is 11.9. The van der Waals surface area contributed by atoms with Crippen LogP contribution in [0.2, 0.25) is 0 Å². The van der Waals surface area contributed by atoms with Crippen molar-refractivity contribution >= 4 is 11.8 Å². The third kappa shape index (κ3) is 4.57. The highest BCUT2D eigenvalue weighted by molar-refractivity contribution is 5.97. The molecule has 0 aliphatic heterocycles. The Balaban J connectivity index is 2.44. The molecule has 0 bridgehead atoms. The molecule has 0 aliphatic rings. The van der Waals surface area contributed by atoms with Gasteiger partial charge in [0.25, 0.3) is 5.91 Å². The molecule has 5 heteroatoms. The Bertz CT molecular complexity index is 486. The van der Waals surface area contributed by atoms with Gasteiger partial charge in [-0.25, -0.2) is 0 Å². The van der Waals surface area contributed by atoms with Crippen LogP contribution < -0.4 is 10.6 Å². The molecule has 1 aromatic carbocycles. The summed E-state index contributed by atoms with van der Waals surface area (Å²) >= 11 is 0. The van der Waals surface area contributed by atoms with E-state index in [-0.39, 0.29) is 42.1 Å². The Morgan fingerprint density at radius 2 is 2.05 bits per heavy atom. The van der Waals surface area contributed by atoms with Crippen molar-refractivity contribution in [3.05, 3.63) is 29.3 Å². The highest BCUT2D eigenvalue weighted by Gasteiger charge is 2.12. The standard InChI is InChI=1S/C15H22N2O3/c1-4-11(3)17-13(18)8-9-16-15(20)12-7-5-6-10(2)14(12)19/h5-7,11,19H,4,8-9H2,1-3H3,(H,16,20)(H,17,18). The van der Waals surface area contributed by atoms with Gasteiger partial charge in [-0.3, -0.25) is 9.59 Å². The summed E-state index contributed by atoms with van der Waals surface area (Å²) in [6.45, 7) is 5.90. The number of aromatic hydroxyl groups is 1. The van der Waals surface area contributed by atoms with E-state index >= 15 is 0 Å². The second kappa shape index (κ2) is 7.53. The second-order valence-electron chi connectivity index (χ2n) is 4.85. The van der Waals surface area contributed by atoms with Crippen molar-refractivity contribution in [1.29, 1.82) is 0 Å². The van der Waals surface area contributed by atoms with E-state index in [4.69, 9.17) is 0 Å². The highest BCUT2D eigenvalue weighted by Crippen LogP contribution is 2.20. The Kier molecular flexibility index (Phi) is 6.03. The summed E-state index contributed by atoms with van der Waals surface area (Å²) in [4.78, 5) is 23.4. The number of benzene rings is 1. The van der Waals surface area contributed by atoms with Crippen LogP contribution in [0.25, 0.3) is 0 Å². The molecule has 0 radical (unpaired) electrons. The van der Waals surface area contributed by atoms with Gasteiger partial charge in [0.1, 0.15) is 5.75 Å². The third-order valence-electron chi connectivity index (χ3n) is 3.14. The predicted octanol–water partition coefficient (Wildman–Crippen LogP) is 1.74. The first-order chi connectivity index (χ1) is 9.45. The van der Waals surface area contributed by atoms with Crippen LogP contribution in [-0.4, -0.2) is 29.5 Å². The number of amides is 2. The SMILES string of the molecule is CCC(C)NC(=O)CCNC(=O)c1cccc(C)c1O. The van der Waals surface area contributed by atoms with Crippen molar-refractivity contribution < 1.29 is 14.7 Å². The number of para-hydroxylation sites is 1. The maximum absolute atomic E-state index is 11.9. The second-order valence-corrected chi connectivity index (χ2v) is 4.85. The Hall–Kier alpha value is -2.04. The van der Waals surface area contributed by atoms with Crippen LogP contribution in [0.5, 0.6) is 5.75 Å². The van der Waals surface area contributed by atoms with Crippen molar-refractivity contribution in [3.8, 4) is 5.75 Å². The van der Waals surface area contributed by atoms with Crippen molar-refractivity contribution in [3.63, 3.8) is 0 Å². The maximum Gasteiger partial charge on any atom is 0.255 e. The van der Waals surface area contributed by atoms with Crippen molar-refractivity contribution in [1.82, 2.24) is 10.6 Å². The zero-order valence-corrected chi connectivity index (χ0v) is 12.2. The fourth-order valence-corrected chi connectivity index (χ4v) is 1.68. The smallest absolute Gasteiger partial charge is 0.255 e. The molecule has 5 nitrogen and oxygen atoms in total. The molecule has 1 unspecified atom stereocenters. The normalized spacial score (nSPS) is 11.8. The molecule has 2 amide bonds. The molecule has 110 valence electrons. The van der Waals surface area contributed by atoms with Crippen LogP contribution in [0, 0.1) is 6.92 Å². The molecule has 20 heavy (non-hydrogen) atoms. The quantitative estimate of drug-likeness (QED) is 0.741. The number of hydrogen-bond acceptors (Lipinski definition) is 3. The third-order valence-corrected chi connectivity index (χ3v) is 3.14. The number of phenols is 1. The van der Waals surface area contributed by atoms with E-state index in [0.29, 0.717) is 5.56 Å². The lowest BCUT2D eigenvalue weighted by Crippen LogP contribution is -2.35. The highest BCUT2D eigenvalue weighted by atomic mass is 16.3. The Labute approximate surface area is 119 Å². The first kappa shape index (κ1) is 16.0. The van der Waals surface area contributed by atoms with E-state index in [2.05, 4.69) is 10.6 Å². The fourth-order valence-electron chi connectivity index (χ4n) is 1.68. The zero-order valence-electron chi connectivity index (χ0n) is 12.2. The molecule has 3 N–H and O–H groups in total. The van der Waals surface area contributed by atoms with Gasteiger partial charge in [0.2, 0.25) is 5.91 Å². The van der Waals surface area contributed by atoms with Gasteiger partial charge in [-0.15, -0.1) is 0 Å². The molecule has 1 rings (SSSR count). The summed E-state index contributed by atoms with van der Waals surface area (Å²) in [7, 11) is 0. The lowest BCUT2D eigenvalue weighted by Gasteiger charge is -2.12. The van der Waals surface area contributed by atoms with E-state index in [1.165, 1.54) is 0 Å². The number of carbonyl (C=O) groups excluding carboxylic acids is 2. The molecule has 0 fully saturated rings. The minimum Gasteiger partial charge on any atom is -0.507 e. The van der Waals surface area contributed by atoms with Gasteiger partial charge in [0, 0.05) is 19.0 Å². The lowest BCUT2D eigenvalue weighted by molar-refractivity contribution is -0.121. The number of nitrogens with one attached hydrogen (secondary N) is 2. The van der Waals surface area contributed by atoms with Gasteiger partial charge in [0.15, 0.2) is 0 Å². The Morgan fingerprint density at radius 3 is 2.70 bits per heavy atom. The van der Waals surface area contributed by atoms with E-state index in [1.54, 1.807) is 25.1 Å². The molecule has 0 saturated carbocycles. The number of carbonyl (C=O) groups is 2. The Morgan fingerprint density at radius 1 is 1.35 bits per heavy atom. The van der Waals surface area contributed by atoms with Gasteiger partial charge >= 0.3 is 0 Å². The molecule has 0 saturated heterocycles. The minimum atomic E-state index is -0.373. The fraction of sp³-hybridized carbons (Fsp3) is 0.467. The summed E-state index contributed by atoms with van der Waals surface area (Å²) in [5.74, 6) is -0.482. The van der Waals surface area contributed by atoms with Crippen molar-refractivity contribution in [2.75, 3.05) is 6.54 Å². The molecule has 0 spiro atoms. The van der Waals surface area contributed by atoms with Crippen LogP contribution in [-0.2, 0) is 4.79 Å².